The maximum Gasteiger partial charge on any atom is 0.234 e. The SMILES string of the molecule is O=C(CCn1ncc(=O)c2ccccc21)n1ccccc1=Nc1ccccc1. The summed E-state index contributed by atoms with van der Waals surface area (Å²) in [4.78, 5) is 29.3. The van der Waals surface area contributed by atoms with Crippen molar-refractivity contribution in [1.82, 2.24) is 14.3 Å². The van der Waals surface area contributed by atoms with E-state index in [2.05, 4.69) is 10.1 Å². The van der Waals surface area contributed by atoms with Gasteiger partial charge >= 0.3 is 0 Å². The van der Waals surface area contributed by atoms with Crippen LogP contribution >= 0.6 is 0 Å². The number of rotatable bonds is 4. The Bertz CT molecular complexity index is 1260. The maximum absolute atomic E-state index is 12.8. The van der Waals surface area contributed by atoms with Gasteiger partial charge in [0, 0.05) is 18.0 Å². The van der Waals surface area contributed by atoms with Gasteiger partial charge in [-0.05, 0) is 36.4 Å². The Balaban J connectivity index is 1.62. The lowest BCUT2D eigenvalue weighted by Crippen LogP contribution is -2.27. The molecule has 28 heavy (non-hydrogen) atoms. The maximum atomic E-state index is 12.8. The van der Waals surface area contributed by atoms with E-state index in [1.807, 2.05) is 54.6 Å². The largest absolute Gasteiger partial charge is 0.287 e. The molecule has 6 heteroatoms. The van der Waals surface area contributed by atoms with E-state index in [-0.39, 0.29) is 17.8 Å². The Labute approximate surface area is 161 Å². The highest BCUT2D eigenvalue weighted by molar-refractivity contribution is 5.80. The van der Waals surface area contributed by atoms with Gasteiger partial charge < -0.3 is 0 Å². The molecule has 0 bridgehead atoms. The molecule has 0 spiro atoms. The minimum absolute atomic E-state index is 0.0973. The Morgan fingerprint density at radius 1 is 0.929 bits per heavy atom. The van der Waals surface area contributed by atoms with Crippen molar-refractivity contribution in [2.45, 2.75) is 13.0 Å². The second kappa shape index (κ2) is 7.84. The average molecular weight is 370 g/mol. The molecular formula is C22H18N4O2. The number of carbonyl (C=O) groups is 1. The van der Waals surface area contributed by atoms with Crippen LogP contribution in [0.3, 0.4) is 0 Å². The van der Waals surface area contributed by atoms with Crippen LogP contribution < -0.4 is 10.9 Å². The van der Waals surface area contributed by atoms with Crippen LogP contribution in [0.25, 0.3) is 10.9 Å². The number of pyridine rings is 1. The summed E-state index contributed by atoms with van der Waals surface area (Å²) < 4.78 is 3.23. The van der Waals surface area contributed by atoms with Gasteiger partial charge in [0.1, 0.15) is 5.49 Å². The summed E-state index contributed by atoms with van der Waals surface area (Å²) in [5.74, 6) is -0.0973. The molecule has 0 aliphatic rings. The van der Waals surface area contributed by atoms with E-state index >= 15 is 0 Å². The third-order valence-corrected chi connectivity index (χ3v) is 4.41. The number of aryl methyl sites for hydroxylation is 1. The van der Waals surface area contributed by atoms with Gasteiger partial charge in [0.15, 0.2) is 0 Å². The average Bonchev–Trinajstić information content (AvgIpc) is 2.74. The fourth-order valence-electron chi connectivity index (χ4n) is 3.03. The van der Waals surface area contributed by atoms with E-state index in [1.54, 1.807) is 29.1 Å². The molecule has 2 heterocycles. The minimum atomic E-state index is -0.125. The zero-order valence-corrected chi connectivity index (χ0v) is 15.1. The van der Waals surface area contributed by atoms with E-state index in [4.69, 9.17) is 0 Å². The second-order valence-corrected chi connectivity index (χ2v) is 6.27. The molecule has 4 aromatic rings. The van der Waals surface area contributed by atoms with Crippen molar-refractivity contribution < 1.29 is 4.79 Å². The quantitative estimate of drug-likeness (QED) is 0.554. The lowest BCUT2D eigenvalue weighted by molar-refractivity contribution is 0.0890. The Morgan fingerprint density at radius 3 is 2.54 bits per heavy atom. The third kappa shape index (κ3) is 3.66. The fraction of sp³-hybridized carbons (Fsp3) is 0.0909. The standard InChI is InChI=1S/C22H18N4O2/c27-20-16-23-26(19-11-5-4-10-18(19)20)15-13-22(28)25-14-7-6-12-21(25)24-17-8-2-1-3-9-17/h1-12,14,16H,13,15H2. The Morgan fingerprint density at radius 2 is 1.68 bits per heavy atom. The summed E-state index contributed by atoms with van der Waals surface area (Å²) in [5.41, 5.74) is 1.94. The predicted molar refractivity (Wildman–Crippen MR) is 107 cm³/mol. The number of carbonyl (C=O) groups excluding carboxylic acids is 1. The van der Waals surface area contributed by atoms with Crippen LogP contribution in [-0.2, 0) is 6.54 Å². The first kappa shape index (κ1) is 17.6. The number of benzene rings is 2. The summed E-state index contributed by atoms with van der Waals surface area (Å²) in [7, 11) is 0. The molecule has 2 aromatic carbocycles. The van der Waals surface area contributed by atoms with Crippen LogP contribution in [0.5, 0.6) is 0 Å². The monoisotopic (exact) mass is 370 g/mol. The summed E-state index contributed by atoms with van der Waals surface area (Å²) in [6.07, 6.45) is 3.23. The zero-order chi connectivity index (χ0) is 19.3. The van der Waals surface area contributed by atoms with Gasteiger partial charge in [0.25, 0.3) is 0 Å². The summed E-state index contributed by atoms with van der Waals surface area (Å²) >= 11 is 0. The van der Waals surface area contributed by atoms with Crippen molar-refractivity contribution in [2.24, 2.45) is 4.99 Å². The topological polar surface area (TPSA) is 69.2 Å². The zero-order valence-electron chi connectivity index (χ0n) is 15.1. The van der Waals surface area contributed by atoms with Gasteiger partial charge in [-0.25, -0.2) is 4.99 Å². The van der Waals surface area contributed by atoms with E-state index < -0.39 is 0 Å². The van der Waals surface area contributed by atoms with Crippen molar-refractivity contribution in [3.05, 3.63) is 101 Å². The van der Waals surface area contributed by atoms with Crippen molar-refractivity contribution in [3.63, 3.8) is 0 Å². The molecule has 0 radical (unpaired) electrons. The molecular weight excluding hydrogens is 352 g/mol. The van der Waals surface area contributed by atoms with Crippen LogP contribution in [-0.4, -0.2) is 20.3 Å². The van der Waals surface area contributed by atoms with Crippen molar-refractivity contribution in [3.8, 4) is 0 Å². The third-order valence-electron chi connectivity index (χ3n) is 4.41. The first-order chi connectivity index (χ1) is 13.7. The van der Waals surface area contributed by atoms with E-state index in [9.17, 15) is 9.59 Å². The summed E-state index contributed by atoms with van der Waals surface area (Å²) in [6.45, 7) is 0.367. The molecule has 0 atom stereocenters. The van der Waals surface area contributed by atoms with E-state index in [1.165, 1.54) is 10.8 Å². The molecule has 0 unspecified atom stereocenters. The Hall–Kier alpha value is -3.80. The number of nitrogens with zero attached hydrogens (tertiary/aromatic N) is 4. The summed E-state index contributed by atoms with van der Waals surface area (Å²) in [6, 6.07) is 22.2. The van der Waals surface area contributed by atoms with Crippen molar-refractivity contribution >= 4 is 22.5 Å². The van der Waals surface area contributed by atoms with E-state index in [0.717, 1.165) is 11.2 Å². The van der Waals surface area contributed by atoms with Crippen molar-refractivity contribution in [1.29, 1.82) is 0 Å². The lowest BCUT2D eigenvalue weighted by Gasteiger charge is -2.10. The molecule has 0 fully saturated rings. The molecule has 0 saturated heterocycles. The summed E-state index contributed by atoms with van der Waals surface area (Å²) in [5, 5.41) is 4.78. The molecule has 0 N–H and O–H groups in total. The normalized spacial score (nSPS) is 11.6. The second-order valence-electron chi connectivity index (χ2n) is 6.27. The smallest absolute Gasteiger partial charge is 0.234 e. The number of hydrogen-bond acceptors (Lipinski definition) is 4. The molecule has 4 rings (SSSR count). The number of aromatic nitrogens is 3. The number of hydrogen-bond donors (Lipinski definition) is 0. The van der Waals surface area contributed by atoms with Crippen LogP contribution in [0.15, 0.2) is 95.0 Å². The number of para-hydroxylation sites is 2. The molecule has 6 nitrogen and oxygen atoms in total. The highest BCUT2D eigenvalue weighted by atomic mass is 16.2. The van der Waals surface area contributed by atoms with Crippen LogP contribution in [0.4, 0.5) is 5.69 Å². The van der Waals surface area contributed by atoms with Crippen LogP contribution in [0.1, 0.15) is 11.2 Å². The van der Waals surface area contributed by atoms with Gasteiger partial charge in [-0.1, -0.05) is 36.4 Å². The highest BCUT2D eigenvalue weighted by Crippen LogP contribution is 2.09. The van der Waals surface area contributed by atoms with E-state index in [0.29, 0.717) is 17.4 Å². The molecule has 2 aromatic heterocycles. The number of fused-ring (bicyclic) bond motifs is 1. The molecule has 0 aliphatic carbocycles. The first-order valence-electron chi connectivity index (χ1n) is 8.98. The molecule has 138 valence electrons. The van der Waals surface area contributed by atoms with Gasteiger partial charge in [-0.3, -0.25) is 18.8 Å². The van der Waals surface area contributed by atoms with Crippen molar-refractivity contribution in [2.75, 3.05) is 0 Å². The highest BCUT2D eigenvalue weighted by Gasteiger charge is 2.08. The fourth-order valence-corrected chi connectivity index (χ4v) is 3.03. The Kier molecular flexibility index (Phi) is 4.93. The predicted octanol–water partition coefficient (Wildman–Crippen LogP) is 3.16. The van der Waals surface area contributed by atoms with Crippen LogP contribution in [0.2, 0.25) is 0 Å². The molecule has 0 aliphatic heterocycles. The molecule has 0 saturated carbocycles. The first-order valence-corrected chi connectivity index (χ1v) is 8.98. The van der Waals surface area contributed by atoms with Crippen LogP contribution in [0, 0.1) is 0 Å². The minimum Gasteiger partial charge on any atom is -0.287 e. The van der Waals surface area contributed by atoms with Gasteiger partial charge in [0.2, 0.25) is 11.3 Å². The van der Waals surface area contributed by atoms with Gasteiger partial charge in [-0.2, -0.15) is 5.10 Å². The molecule has 0 amide bonds. The van der Waals surface area contributed by atoms with Gasteiger partial charge in [0.05, 0.1) is 23.9 Å². The van der Waals surface area contributed by atoms with Gasteiger partial charge in [-0.15, -0.1) is 0 Å². The lowest BCUT2D eigenvalue weighted by atomic mass is 10.2.